The van der Waals surface area contributed by atoms with Crippen molar-refractivity contribution < 1.29 is 14.3 Å². The van der Waals surface area contributed by atoms with Crippen LogP contribution in [0.3, 0.4) is 0 Å². The number of nitrogens with two attached hydrogens (primary N) is 1. The molecule has 2 aromatic rings. The Hall–Kier alpha value is -1.82. The van der Waals surface area contributed by atoms with E-state index in [9.17, 15) is 9.36 Å². The molecule has 18 heavy (non-hydrogen) atoms. The summed E-state index contributed by atoms with van der Waals surface area (Å²) >= 11 is 0. The first-order valence-corrected chi connectivity index (χ1v) is 6.46. The molecule has 7 nitrogen and oxygen atoms in total. The molecule has 1 amide bonds. The van der Waals surface area contributed by atoms with Crippen molar-refractivity contribution in [1.29, 1.82) is 0 Å². The number of nitrogens with zero attached hydrogens (tertiary/aromatic N) is 1. The number of carbonyl (C=O) groups excluding carboxylic acids is 1. The van der Waals surface area contributed by atoms with Gasteiger partial charge in [0, 0.05) is 6.54 Å². The van der Waals surface area contributed by atoms with E-state index < -0.39 is 14.1 Å². The topological polar surface area (TPSA) is 121 Å². The van der Waals surface area contributed by atoms with Gasteiger partial charge in [-0.05, 0) is 22.6 Å². The number of nitrogens with one attached hydrogen (secondary N) is 2. The molecule has 0 saturated heterocycles. The maximum Gasteiger partial charge on any atom is 0.610 e. The number of hydrogen-bond donors (Lipinski definition) is 4. The normalized spacial score (nSPS) is 11.7. The number of rotatable bonds is 5. The van der Waals surface area contributed by atoms with Crippen LogP contribution in [0.1, 0.15) is 16.2 Å². The first-order chi connectivity index (χ1) is 8.58. The fraction of sp³-hybridized carbons (Fsp3) is 0.200. The van der Waals surface area contributed by atoms with E-state index in [1.165, 1.54) is 0 Å². The Morgan fingerprint density at radius 3 is 3.00 bits per heavy atom. The Labute approximate surface area is 103 Å². The summed E-state index contributed by atoms with van der Waals surface area (Å²) in [7, 11) is -2.35. The number of aromatic amines is 1. The van der Waals surface area contributed by atoms with Crippen LogP contribution in [0.15, 0.2) is 18.2 Å². The fourth-order valence-corrected chi connectivity index (χ4v) is 2.00. The smallest absolute Gasteiger partial charge is 0.363 e. The minimum absolute atomic E-state index is 0.110. The van der Waals surface area contributed by atoms with Gasteiger partial charge in [-0.2, -0.15) is 0 Å². The van der Waals surface area contributed by atoms with E-state index >= 15 is 0 Å². The lowest BCUT2D eigenvalue weighted by atomic mass is 10.1. The number of para-hydroxylation sites is 1. The molecular weight excluding hydrogens is 255 g/mol. The minimum atomic E-state index is -2.35. The van der Waals surface area contributed by atoms with Crippen molar-refractivity contribution >= 4 is 25.1 Å². The average Bonchev–Trinajstić information content (AvgIpc) is 2.73. The summed E-state index contributed by atoms with van der Waals surface area (Å²) in [5, 5.41) is 2.42. The monoisotopic (exact) mass is 267 g/mol. The number of carbonyl (C=O) groups is 1. The van der Waals surface area contributed by atoms with Gasteiger partial charge >= 0.3 is 8.18 Å². The van der Waals surface area contributed by atoms with Crippen LogP contribution in [-0.2, 0) is 11.0 Å². The van der Waals surface area contributed by atoms with Crippen molar-refractivity contribution in [2.75, 3.05) is 6.54 Å². The van der Waals surface area contributed by atoms with E-state index in [2.05, 4.69) is 15.1 Å². The number of primary amides is 1. The first-order valence-electron chi connectivity index (χ1n) is 5.25. The summed E-state index contributed by atoms with van der Waals surface area (Å²) in [6, 6.07) is 5.46. The zero-order chi connectivity index (χ0) is 13.1. The molecule has 5 N–H and O–H groups in total. The molecule has 0 aliphatic carbocycles. The van der Waals surface area contributed by atoms with Gasteiger partial charge < -0.3 is 10.7 Å². The molecule has 1 aromatic heterocycles. The maximum absolute atomic E-state index is 11.0. The molecule has 0 bridgehead atoms. The number of benzene rings is 1. The number of amides is 1. The predicted molar refractivity (Wildman–Crippen MR) is 66.1 cm³/mol. The van der Waals surface area contributed by atoms with Gasteiger partial charge in [-0.3, -0.25) is 4.79 Å². The summed E-state index contributed by atoms with van der Waals surface area (Å²) in [5.74, 6) is -0.507. The standard InChI is InChI=1S/C10H11N4O3P/c11-9(15)10-13-7-3-1-2-6(8(7)14-10)4-5-12-18(16)17/h1-3H,4-5H2,(H4-,11,12,13,14,15,16,17)/p+1. The van der Waals surface area contributed by atoms with Gasteiger partial charge in [0.15, 0.2) is 5.82 Å². The highest BCUT2D eigenvalue weighted by Crippen LogP contribution is 2.17. The Kier molecular flexibility index (Phi) is 3.66. The molecule has 1 unspecified atom stereocenters. The fourth-order valence-electron chi connectivity index (χ4n) is 1.70. The van der Waals surface area contributed by atoms with E-state index in [1.54, 1.807) is 6.07 Å². The lowest BCUT2D eigenvalue weighted by molar-refractivity contribution is 0.0991. The van der Waals surface area contributed by atoms with Crippen LogP contribution < -0.4 is 10.8 Å². The Morgan fingerprint density at radius 1 is 1.56 bits per heavy atom. The zero-order valence-corrected chi connectivity index (χ0v) is 10.3. The summed E-state index contributed by atoms with van der Waals surface area (Å²) in [6.07, 6.45) is 0.530. The Balaban J connectivity index is 2.27. The summed E-state index contributed by atoms with van der Waals surface area (Å²) in [5.41, 5.74) is 7.40. The van der Waals surface area contributed by atoms with E-state index in [0.29, 0.717) is 18.5 Å². The number of H-pyrrole nitrogens is 1. The molecule has 0 aliphatic rings. The van der Waals surface area contributed by atoms with Gasteiger partial charge in [-0.1, -0.05) is 17.2 Å². The molecule has 0 radical (unpaired) electrons. The molecule has 94 valence electrons. The van der Waals surface area contributed by atoms with Crippen molar-refractivity contribution in [2.45, 2.75) is 6.42 Å². The molecular formula is C10H12N4O3P+. The highest BCUT2D eigenvalue weighted by Gasteiger charge is 2.12. The number of imidazole rings is 1. The van der Waals surface area contributed by atoms with Crippen molar-refractivity contribution in [1.82, 2.24) is 15.1 Å². The van der Waals surface area contributed by atoms with Gasteiger partial charge in [0.05, 0.1) is 11.0 Å². The first kappa shape index (κ1) is 12.6. The predicted octanol–water partition coefficient (Wildman–Crippen LogP) is 0.444. The van der Waals surface area contributed by atoms with Gasteiger partial charge in [-0.25, -0.2) is 4.98 Å². The highest BCUT2D eigenvalue weighted by atomic mass is 31.1. The third-order valence-electron chi connectivity index (χ3n) is 2.47. The SMILES string of the molecule is NC(=O)c1nc2c(CCN[P+](=O)O)cccc2[nH]1. The third-order valence-corrected chi connectivity index (χ3v) is 2.97. The molecule has 8 heteroatoms. The maximum atomic E-state index is 11.0. The highest BCUT2D eigenvalue weighted by molar-refractivity contribution is 7.35. The summed E-state index contributed by atoms with van der Waals surface area (Å²) in [4.78, 5) is 26.6. The second-order valence-corrected chi connectivity index (χ2v) is 4.56. The second kappa shape index (κ2) is 5.22. The van der Waals surface area contributed by atoms with E-state index in [1.807, 2.05) is 12.1 Å². The van der Waals surface area contributed by atoms with Crippen LogP contribution in [0.2, 0.25) is 0 Å². The number of aromatic nitrogens is 2. The van der Waals surface area contributed by atoms with Crippen LogP contribution in [0.5, 0.6) is 0 Å². The van der Waals surface area contributed by atoms with Gasteiger partial charge in [-0.15, -0.1) is 4.89 Å². The van der Waals surface area contributed by atoms with Crippen molar-refractivity contribution in [3.8, 4) is 0 Å². The van der Waals surface area contributed by atoms with Crippen LogP contribution in [0.4, 0.5) is 0 Å². The molecule has 0 saturated carbocycles. The summed E-state index contributed by atoms with van der Waals surface area (Å²) < 4.78 is 10.5. The molecule has 1 aromatic carbocycles. The molecule has 1 atom stereocenters. The Morgan fingerprint density at radius 2 is 2.33 bits per heavy atom. The quantitative estimate of drug-likeness (QED) is 0.586. The van der Waals surface area contributed by atoms with Crippen molar-refractivity contribution in [2.24, 2.45) is 5.73 Å². The summed E-state index contributed by atoms with van der Waals surface area (Å²) in [6.45, 7) is 0.351. The molecule has 2 rings (SSSR count). The van der Waals surface area contributed by atoms with Gasteiger partial charge in [0.25, 0.3) is 5.91 Å². The van der Waals surface area contributed by atoms with Crippen LogP contribution >= 0.6 is 8.18 Å². The molecule has 0 fully saturated rings. The zero-order valence-electron chi connectivity index (χ0n) is 9.38. The van der Waals surface area contributed by atoms with Gasteiger partial charge in [0.2, 0.25) is 0 Å². The van der Waals surface area contributed by atoms with Crippen LogP contribution in [0, 0.1) is 0 Å². The molecule has 1 heterocycles. The number of fused-ring (bicyclic) bond motifs is 1. The lowest BCUT2D eigenvalue weighted by Crippen LogP contribution is -2.12. The second-order valence-electron chi connectivity index (χ2n) is 3.69. The molecule has 0 aliphatic heterocycles. The van der Waals surface area contributed by atoms with E-state index in [4.69, 9.17) is 10.6 Å². The third kappa shape index (κ3) is 2.70. The van der Waals surface area contributed by atoms with Gasteiger partial charge in [0.1, 0.15) is 0 Å². The Bertz CT molecular complexity index is 610. The largest absolute Gasteiger partial charge is 0.610 e. The van der Waals surface area contributed by atoms with E-state index in [-0.39, 0.29) is 5.82 Å². The number of hydrogen-bond acceptors (Lipinski definition) is 3. The minimum Gasteiger partial charge on any atom is -0.363 e. The average molecular weight is 267 g/mol. The van der Waals surface area contributed by atoms with Crippen molar-refractivity contribution in [3.05, 3.63) is 29.6 Å². The van der Waals surface area contributed by atoms with Crippen LogP contribution in [0.25, 0.3) is 11.0 Å². The van der Waals surface area contributed by atoms with E-state index in [0.717, 1.165) is 11.1 Å². The van der Waals surface area contributed by atoms with Crippen molar-refractivity contribution in [3.63, 3.8) is 0 Å². The lowest BCUT2D eigenvalue weighted by Gasteiger charge is -1.98. The molecule has 0 spiro atoms. The van der Waals surface area contributed by atoms with Crippen LogP contribution in [-0.4, -0.2) is 27.3 Å².